The Morgan fingerprint density at radius 2 is 1.88 bits per heavy atom. The average Bonchev–Trinajstić information content (AvgIpc) is 3.04. The molecule has 1 aromatic heterocycles. The molecule has 1 fully saturated rings. The van der Waals surface area contributed by atoms with E-state index in [1.54, 1.807) is 20.8 Å². The van der Waals surface area contributed by atoms with Crippen LogP contribution < -0.4 is 11.2 Å². The van der Waals surface area contributed by atoms with E-state index in [0.717, 1.165) is 0 Å². The van der Waals surface area contributed by atoms with Crippen molar-refractivity contribution < 1.29 is 18.7 Å². The number of aromatic nitrogens is 2. The molecule has 0 radical (unpaired) electrons. The normalized spacial score (nSPS) is 21.5. The van der Waals surface area contributed by atoms with Crippen molar-refractivity contribution in [3.63, 3.8) is 0 Å². The van der Waals surface area contributed by atoms with Gasteiger partial charge < -0.3 is 13.9 Å². The van der Waals surface area contributed by atoms with Crippen LogP contribution in [0.15, 0.2) is 20.9 Å². The van der Waals surface area contributed by atoms with Crippen LogP contribution in [0.1, 0.15) is 59.8 Å². The lowest BCUT2D eigenvalue weighted by atomic mass is 10.1. The molecule has 3 atom stereocenters. The van der Waals surface area contributed by atoms with E-state index < -0.39 is 49.6 Å². The van der Waals surface area contributed by atoms with Crippen LogP contribution in [-0.2, 0) is 13.9 Å². The van der Waals surface area contributed by atoms with E-state index in [2.05, 4.69) is 43.9 Å². The Balaban J connectivity index is 2.39. The fourth-order valence-corrected chi connectivity index (χ4v) is 4.12. The maximum absolute atomic E-state index is 13.1. The number of carbonyl (C=O) groups is 1. The molecule has 0 amide bonds. The SMILES string of the molecule is Cc1cn([C@H]2C[C@H](N=[N+]=[N-])[C@@H](CO[Si](C)(C)C(C)(C)C)O2)c(=O)n(C(=O)OC(C)(C)C)c1=O. The molecule has 1 saturated heterocycles. The topological polar surface area (TPSA) is 138 Å². The van der Waals surface area contributed by atoms with Crippen LogP contribution in [-0.4, -0.2) is 47.9 Å². The molecule has 0 spiro atoms. The van der Waals surface area contributed by atoms with Gasteiger partial charge in [-0.05, 0) is 51.4 Å². The van der Waals surface area contributed by atoms with Crippen molar-refractivity contribution in [2.24, 2.45) is 5.11 Å². The van der Waals surface area contributed by atoms with Gasteiger partial charge in [0, 0.05) is 23.1 Å². The summed E-state index contributed by atoms with van der Waals surface area (Å²) in [6.45, 7) is 17.2. The van der Waals surface area contributed by atoms with Gasteiger partial charge >= 0.3 is 11.8 Å². The molecule has 0 N–H and O–H groups in total. The van der Waals surface area contributed by atoms with E-state index >= 15 is 0 Å². The molecule has 33 heavy (non-hydrogen) atoms. The number of nitrogens with zero attached hydrogens (tertiary/aromatic N) is 5. The van der Waals surface area contributed by atoms with Gasteiger partial charge in [0.2, 0.25) is 0 Å². The van der Waals surface area contributed by atoms with Gasteiger partial charge in [0.15, 0.2) is 8.32 Å². The molecular weight excluding hydrogens is 446 g/mol. The highest BCUT2D eigenvalue weighted by atomic mass is 28.4. The molecule has 2 rings (SSSR count). The zero-order chi connectivity index (χ0) is 25.4. The first kappa shape index (κ1) is 26.8. The highest BCUT2D eigenvalue weighted by Crippen LogP contribution is 2.38. The molecule has 2 heterocycles. The van der Waals surface area contributed by atoms with Crippen molar-refractivity contribution in [2.45, 2.75) is 97.0 Å². The van der Waals surface area contributed by atoms with E-state index in [1.807, 2.05) is 0 Å². The minimum atomic E-state index is -2.09. The number of aryl methyl sites for hydroxylation is 1. The molecule has 1 aliphatic heterocycles. The molecule has 11 nitrogen and oxygen atoms in total. The number of hydrogen-bond acceptors (Lipinski definition) is 7. The van der Waals surface area contributed by atoms with Crippen LogP contribution >= 0.6 is 0 Å². The monoisotopic (exact) mass is 481 g/mol. The fraction of sp³-hybridized carbons (Fsp3) is 0.762. The van der Waals surface area contributed by atoms with Crippen LogP contribution in [0.4, 0.5) is 4.79 Å². The average molecular weight is 482 g/mol. The van der Waals surface area contributed by atoms with Gasteiger partial charge in [-0.1, -0.05) is 25.9 Å². The summed E-state index contributed by atoms with van der Waals surface area (Å²) in [6.07, 6.45) is -0.928. The molecule has 0 saturated carbocycles. The van der Waals surface area contributed by atoms with Gasteiger partial charge in [-0.25, -0.2) is 9.59 Å². The van der Waals surface area contributed by atoms with Gasteiger partial charge in [-0.3, -0.25) is 9.36 Å². The Morgan fingerprint density at radius 1 is 1.27 bits per heavy atom. The van der Waals surface area contributed by atoms with Crippen molar-refractivity contribution in [3.05, 3.63) is 43.0 Å². The Labute approximate surface area is 194 Å². The second-order valence-corrected chi connectivity index (χ2v) is 15.6. The van der Waals surface area contributed by atoms with E-state index in [0.29, 0.717) is 4.57 Å². The van der Waals surface area contributed by atoms with E-state index in [-0.39, 0.29) is 23.6 Å². The van der Waals surface area contributed by atoms with Crippen molar-refractivity contribution in [2.75, 3.05) is 6.61 Å². The maximum Gasteiger partial charge on any atom is 0.425 e. The number of hydrogen-bond donors (Lipinski definition) is 0. The second kappa shape index (κ2) is 9.45. The van der Waals surface area contributed by atoms with Crippen molar-refractivity contribution in [1.82, 2.24) is 9.13 Å². The predicted octanol–water partition coefficient (Wildman–Crippen LogP) is 4.09. The van der Waals surface area contributed by atoms with E-state index in [1.165, 1.54) is 17.7 Å². The summed E-state index contributed by atoms with van der Waals surface area (Å²) in [4.78, 5) is 41.1. The Kier molecular flexibility index (Phi) is 7.69. The first-order chi connectivity index (χ1) is 15.0. The fourth-order valence-electron chi connectivity index (χ4n) is 3.10. The standard InChI is InChI=1S/C21H35N5O6Si/c1-13-11-25(18(28)26(17(13)27)19(29)32-20(2,3)4)16-10-14(23-24-22)15(31-16)12-30-33(8,9)21(5,6)7/h11,14-16H,10,12H2,1-9H3/t14-,15+,16+/m0/s1. The minimum Gasteiger partial charge on any atom is -0.443 e. The maximum atomic E-state index is 13.1. The van der Waals surface area contributed by atoms with Crippen molar-refractivity contribution >= 4 is 14.4 Å². The number of ether oxygens (including phenoxy) is 2. The predicted molar refractivity (Wildman–Crippen MR) is 126 cm³/mol. The van der Waals surface area contributed by atoms with Gasteiger partial charge in [0.1, 0.15) is 11.8 Å². The number of rotatable bonds is 5. The Hall–Kier alpha value is -2.40. The second-order valence-electron chi connectivity index (χ2n) is 10.8. The molecule has 0 unspecified atom stereocenters. The first-order valence-electron chi connectivity index (χ1n) is 10.9. The van der Waals surface area contributed by atoms with Crippen molar-refractivity contribution in [3.8, 4) is 0 Å². The summed E-state index contributed by atoms with van der Waals surface area (Å²) in [6, 6.07) is -0.570. The van der Waals surface area contributed by atoms with Crippen LogP contribution in [0.2, 0.25) is 18.1 Å². The van der Waals surface area contributed by atoms with Gasteiger partial charge in [0.25, 0.3) is 5.56 Å². The third-order valence-corrected chi connectivity index (χ3v) is 10.5. The smallest absolute Gasteiger partial charge is 0.425 e. The molecule has 184 valence electrons. The van der Waals surface area contributed by atoms with Gasteiger partial charge in [-0.15, -0.1) is 0 Å². The van der Waals surface area contributed by atoms with Crippen molar-refractivity contribution in [1.29, 1.82) is 0 Å². The molecule has 1 aromatic rings. The van der Waals surface area contributed by atoms with Gasteiger partial charge in [-0.2, -0.15) is 4.57 Å². The highest BCUT2D eigenvalue weighted by Gasteiger charge is 2.41. The lowest BCUT2D eigenvalue weighted by molar-refractivity contribution is -0.0254. The summed E-state index contributed by atoms with van der Waals surface area (Å²) in [5, 5.41) is 3.82. The largest absolute Gasteiger partial charge is 0.443 e. The summed E-state index contributed by atoms with van der Waals surface area (Å²) in [5.41, 5.74) is 6.66. The van der Waals surface area contributed by atoms with Crippen LogP contribution in [0.3, 0.4) is 0 Å². The van der Waals surface area contributed by atoms with Crippen LogP contribution in [0.5, 0.6) is 0 Å². The number of azide groups is 1. The molecule has 1 aliphatic rings. The molecule has 0 bridgehead atoms. The summed E-state index contributed by atoms with van der Waals surface area (Å²) in [7, 11) is -2.09. The molecule has 0 aliphatic carbocycles. The van der Waals surface area contributed by atoms with Gasteiger partial charge in [0.05, 0.1) is 18.8 Å². The highest BCUT2D eigenvalue weighted by molar-refractivity contribution is 6.74. The summed E-state index contributed by atoms with van der Waals surface area (Å²) in [5.74, 6) is 0. The minimum absolute atomic E-state index is 0.0179. The van der Waals surface area contributed by atoms with E-state index in [4.69, 9.17) is 19.4 Å². The molecular formula is C21H35N5O6Si. The lowest BCUT2D eigenvalue weighted by Crippen LogP contribution is -2.47. The molecule has 12 heteroatoms. The van der Waals surface area contributed by atoms with Crippen LogP contribution in [0.25, 0.3) is 10.4 Å². The van der Waals surface area contributed by atoms with Crippen LogP contribution in [0, 0.1) is 6.92 Å². The Morgan fingerprint density at radius 3 is 2.39 bits per heavy atom. The molecule has 0 aromatic carbocycles. The van der Waals surface area contributed by atoms with E-state index in [9.17, 15) is 14.4 Å². The summed E-state index contributed by atoms with van der Waals surface area (Å²) < 4.78 is 19.2. The quantitative estimate of drug-likeness (QED) is 0.269. The first-order valence-corrected chi connectivity index (χ1v) is 13.8. The lowest BCUT2D eigenvalue weighted by Gasteiger charge is -2.37. The number of carbonyl (C=O) groups excluding carboxylic acids is 1. The summed E-state index contributed by atoms with van der Waals surface area (Å²) >= 11 is 0. The third kappa shape index (κ3) is 6.14. The third-order valence-electron chi connectivity index (χ3n) is 5.99. The zero-order valence-electron chi connectivity index (χ0n) is 20.9. The Bertz CT molecular complexity index is 1060. The zero-order valence-corrected chi connectivity index (χ0v) is 21.9.